The summed E-state index contributed by atoms with van der Waals surface area (Å²) in [5.74, 6) is 0.228. The van der Waals surface area contributed by atoms with Crippen molar-refractivity contribution in [2.45, 2.75) is 70.6 Å². The molecule has 1 fully saturated rings. The quantitative estimate of drug-likeness (QED) is 0.627. The molecule has 150 valence electrons. The van der Waals surface area contributed by atoms with E-state index in [1.54, 1.807) is 0 Å². The van der Waals surface area contributed by atoms with E-state index in [2.05, 4.69) is 69.9 Å². The first kappa shape index (κ1) is 20.6. The van der Waals surface area contributed by atoms with Gasteiger partial charge in [-0.1, -0.05) is 55.5 Å². The third-order valence-electron chi connectivity index (χ3n) is 6.02. The molecule has 3 heteroatoms. The molecular formula is C25H33NO2. The molecule has 0 aromatic heterocycles. The molecule has 1 aliphatic heterocycles. The molecular weight excluding hydrogens is 346 g/mol. The second-order valence-corrected chi connectivity index (χ2v) is 9.35. The number of benzene rings is 2. The number of esters is 1. The highest BCUT2D eigenvalue weighted by molar-refractivity contribution is 5.89. The zero-order valence-corrected chi connectivity index (χ0v) is 17.8. The van der Waals surface area contributed by atoms with Gasteiger partial charge >= 0.3 is 5.97 Å². The standard InChI is InChI=1S/C25H33NO2/c1-19(20-12-8-6-9-13-20)18-26-24(2,3)16-22(17-25(26,4)5)28-23(27)21-14-10-7-11-15-21/h6-15,19,22H,16-18H2,1-5H3. The largest absolute Gasteiger partial charge is 0.459 e. The lowest BCUT2D eigenvalue weighted by atomic mass is 9.77. The molecule has 0 bridgehead atoms. The Morgan fingerprint density at radius 3 is 2.00 bits per heavy atom. The van der Waals surface area contributed by atoms with Crippen LogP contribution in [0.4, 0.5) is 0 Å². The van der Waals surface area contributed by atoms with Crippen molar-refractivity contribution in [3.05, 3.63) is 71.8 Å². The fourth-order valence-electron chi connectivity index (χ4n) is 4.76. The molecule has 1 aliphatic rings. The number of carbonyl (C=O) groups excluding carboxylic acids is 1. The average molecular weight is 380 g/mol. The summed E-state index contributed by atoms with van der Waals surface area (Å²) < 4.78 is 5.92. The molecule has 0 amide bonds. The predicted molar refractivity (Wildman–Crippen MR) is 115 cm³/mol. The molecule has 1 unspecified atom stereocenters. The zero-order chi connectivity index (χ0) is 20.4. The number of piperidine rings is 1. The number of likely N-dealkylation sites (tertiary alicyclic amines) is 1. The average Bonchev–Trinajstić information content (AvgIpc) is 2.65. The molecule has 0 N–H and O–H groups in total. The van der Waals surface area contributed by atoms with Crippen LogP contribution < -0.4 is 0 Å². The molecule has 3 rings (SSSR count). The Kier molecular flexibility index (Phi) is 5.95. The maximum atomic E-state index is 12.5. The summed E-state index contributed by atoms with van der Waals surface area (Å²) in [6.07, 6.45) is 1.62. The molecule has 3 nitrogen and oxygen atoms in total. The number of hydrogen-bond acceptors (Lipinski definition) is 3. The topological polar surface area (TPSA) is 29.5 Å². The smallest absolute Gasteiger partial charge is 0.338 e. The minimum atomic E-state index is -0.219. The van der Waals surface area contributed by atoms with Gasteiger partial charge in [-0.2, -0.15) is 0 Å². The van der Waals surface area contributed by atoms with Gasteiger partial charge in [-0.15, -0.1) is 0 Å². The molecule has 0 radical (unpaired) electrons. The van der Waals surface area contributed by atoms with Gasteiger partial charge in [0.2, 0.25) is 0 Å². The molecule has 1 atom stereocenters. The van der Waals surface area contributed by atoms with Gasteiger partial charge in [-0.3, -0.25) is 4.90 Å². The lowest BCUT2D eigenvalue weighted by Crippen LogP contribution is -2.63. The van der Waals surface area contributed by atoms with Gasteiger partial charge in [0.25, 0.3) is 0 Å². The van der Waals surface area contributed by atoms with Crippen LogP contribution in [-0.4, -0.2) is 34.6 Å². The van der Waals surface area contributed by atoms with Gasteiger partial charge in [-0.05, 0) is 51.3 Å². The first-order chi connectivity index (χ1) is 13.2. The van der Waals surface area contributed by atoms with Crippen molar-refractivity contribution >= 4 is 5.97 Å². The van der Waals surface area contributed by atoms with Gasteiger partial charge in [0.1, 0.15) is 6.10 Å². The van der Waals surface area contributed by atoms with Crippen LogP contribution in [0.1, 0.15) is 69.3 Å². The zero-order valence-electron chi connectivity index (χ0n) is 17.8. The Hall–Kier alpha value is -2.13. The monoisotopic (exact) mass is 379 g/mol. The van der Waals surface area contributed by atoms with E-state index in [0.29, 0.717) is 11.5 Å². The van der Waals surface area contributed by atoms with Crippen molar-refractivity contribution in [3.63, 3.8) is 0 Å². The SMILES string of the molecule is CC(CN1C(C)(C)CC(OC(=O)c2ccccc2)CC1(C)C)c1ccccc1. The van der Waals surface area contributed by atoms with Crippen molar-refractivity contribution in [2.24, 2.45) is 0 Å². The van der Waals surface area contributed by atoms with Gasteiger partial charge < -0.3 is 4.74 Å². The second kappa shape index (κ2) is 8.08. The minimum absolute atomic E-state index is 0.0492. The Morgan fingerprint density at radius 2 is 1.46 bits per heavy atom. The molecule has 0 spiro atoms. The van der Waals surface area contributed by atoms with Crippen molar-refractivity contribution in [1.82, 2.24) is 4.90 Å². The highest BCUT2D eigenvalue weighted by Crippen LogP contribution is 2.41. The molecule has 0 saturated carbocycles. The summed E-state index contributed by atoms with van der Waals surface area (Å²) >= 11 is 0. The van der Waals surface area contributed by atoms with E-state index in [0.717, 1.165) is 19.4 Å². The van der Waals surface area contributed by atoms with Crippen LogP contribution >= 0.6 is 0 Å². The van der Waals surface area contributed by atoms with Crippen LogP contribution in [-0.2, 0) is 4.74 Å². The van der Waals surface area contributed by atoms with Gasteiger partial charge in [-0.25, -0.2) is 4.79 Å². The lowest BCUT2D eigenvalue weighted by Gasteiger charge is -2.55. The normalized spacial score (nSPS) is 20.5. The fraction of sp³-hybridized carbons (Fsp3) is 0.480. The van der Waals surface area contributed by atoms with Crippen LogP contribution in [0.3, 0.4) is 0 Å². The van der Waals surface area contributed by atoms with Gasteiger partial charge in [0.15, 0.2) is 0 Å². The van der Waals surface area contributed by atoms with E-state index in [4.69, 9.17) is 4.74 Å². The molecule has 1 heterocycles. The van der Waals surface area contributed by atoms with Crippen LogP contribution in [0.25, 0.3) is 0 Å². The van der Waals surface area contributed by atoms with Crippen molar-refractivity contribution < 1.29 is 9.53 Å². The Morgan fingerprint density at radius 1 is 0.964 bits per heavy atom. The van der Waals surface area contributed by atoms with Gasteiger partial charge in [0.05, 0.1) is 5.56 Å². The Labute approximate surface area is 169 Å². The summed E-state index contributed by atoms with van der Waals surface area (Å²) in [6, 6.07) is 20.0. The number of ether oxygens (including phenoxy) is 1. The number of nitrogens with zero attached hydrogens (tertiary/aromatic N) is 1. The molecule has 1 saturated heterocycles. The van der Waals surface area contributed by atoms with E-state index >= 15 is 0 Å². The van der Waals surface area contributed by atoms with Crippen molar-refractivity contribution in [1.29, 1.82) is 0 Å². The summed E-state index contributed by atoms with van der Waals surface area (Å²) in [5, 5.41) is 0. The third kappa shape index (κ3) is 4.64. The van der Waals surface area contributed by atoms with Crippen LogP contribution in [0.15, 0.2) is 60.7 Å². The van der Waals surface area contributed by atoms with E-state index in [1.165, 1.54) is 5.56 Å². The Balaban J connectivity index is 1.71. The molecule has 0 aliphatic carbocycles. The first-order valence-electron chi connectivity index (χ1n) is 10.3. The first-order valence-corrected chi connectivity index (χ1v) is 10.3. The summed E-state index contributed by atoms with van der Waals surface area (Å²) in [5.41, 5.74) is 1.89. The summed E-state index contributed by atoms with van der Waals surface area (Å²) in [6.45, 7) is 12.4. The maximum absolute atomic E-state index is 12.5. The minimum Gasteiger partial charge on any atom is -0.459 e. The van der Waals surface area contributed by atoms with E-state index in [9.17, 15) is 4.79 Å². The number of hydrogen-bond donors (Lipinski definition) is 0. The van der Waals surface area contributed by atoms with Crippen LogP contribution in [0.2, 0.25) is 0 Å². The lowest BCUT2D eigenvalue weighted by molar-refractivity contribution is -0.0889. The van der Waals surface area contributed by atoms with Gasteiger partial charge in [0, 0.05) is 30.5 Å². The molecule has 2 aromatic carbocycles. The van der Waals surface area contributed by atoms with Crippen molar-refractivity contribution in [3.8, 4) is 0 Å². The van der Waals surface area contributed by atoms with Crippen LogP contribution in [0, 0.1) is 0 Å². The van der Waals surface area contributed by atoms with Crippen molar-refractivity contribution in [2.75, 3.05) is 6.54 Å². The third-order valence-corrected chi connectivity index (χ3v) is 6.02. The fourth-order valence-corrected chi connectivity index (χ4v) is 4.76. The predicted octanol–water partition coefficient (Wildman–Crippen LogP) is 5.67. The summed E-state index contributed by atoms with van der Waals surface area (Å²) in [7, 11) is 0. The van der Waals surface area contributed by atoms with E-state index in [-0.39, 0.29) is 23.2 Å². The highest BCUT2D eigenvalue weighted by Gasteiger charge is 2.46. The highest BCUT2D eigenvalue weighted by atomic mass is 16.5. The number of carbonyl (C=O) groups is 1. The van der Waals surface area contributed by atoms with E-state index < -0.39 is 0 Å². The van der Waals surface area contributed by atoms with E-state index in [1.807, 2.05) is 30.3 Å². The second-order valence-electron chi connectivity index (χ2n) is 9.35. The maximum Gasteiger partial charge on any atom is 0.338 e. The molecule has 28 heavy (non-hydrogen) atoms. The van der Waals surface area contributed by atoms with Crippen LogP contribution in [0.5, 0.6) is 0 Å². The Bertz CT molecular complexity index is 765. The number of rotatable bonds is 5. The molecule has 2 aromatic rings. The summed E-state index contributed by atoms with van der Waals surface area (Å²) in [4.78, 5) is 15.1.